The van der Waals surface area contributed by atoms with Gasteiger partial charge in [-0.05, 0) is 40.0 Å². The quantitative estimate of drug-likeness (QED) is 0.804. The van der Waals surface area contributed by atoms with Crippen molar-refractivity contribution in [3.63, 3.8) is 0 Å². The van der Waals surface area contributed by atoms with E-state index >= 15 is 0 Å². The van der Waals surface area contributed by atoms with Gasteiger partial charge in [-0.15, -0.1) is 11.3 Å². The predicted octanol–water partition coefficient (Wildman–Crippen LogP) is 4.10. The summed E-state index contributed by atoms with van der Waals surface area (Å²) in [6, 6.07) is 11.0. The first kappa shape index (κ1) is 17.5. The van der Waals surface area contributed by atoms with Crippen LogP contribution in [0.2, 0.25) is 0 Å². The topological polar surface area (TPSA) is 62.1 Å². The lowest BCUT2D eigenvalue weighted by Crippen LogP contribution is -2.41. The Morgan fingerprint density at radius 3 is 2.78 bits per heavy atom. The summed E-state index contributed by atoms with van der Waals surface area (Å²) in [5.74, 6) is 0.233. The van der Waals surface area contributed by atoms with E-state index in [-0.39, 0.29) is 11.8 Å². The van der Waals surface area contributed by atoms with E-state index < -0.39 is 6.10 Å². The van der Waals surface area contributed by atoms with Crippen LogP contribution in [0.25, 0.3) is 0 Å². The number of thiophene rings is 1. The zero-order valence-corrected chi connectivity index (χ0v) is 15.3. The Kier molecular flexibility index (Phi) is 6.20. The second-order valence-corrected chi connectivity index (χ2v) is 7.25. The summed E-state index contributed by atoms with van der Waals surface area (Å²) in [4.78, 5) is 13.5. The third kappa shape index (κ3) is 4.81. The highest BCUT2D eigenvalue weighted by Crippen LogP contribution is 2.22. The van der Waals surface area contributed by atoms with Crippen molar-refractivity contribution in [2.75, 3.05) is 0 Å². The third-order valence-electron chi connectivity index (χ3n) is 3.18. The Hall–Kier alpha value is -1.84. The minimum atomic E-state index is -0.645. The Morgan fingerprint density at radius 1 is 1.43 bits per heavy atom. The van der Waals surface area contributed by atoms with Crippen molar-refractivity contribution in [2.45, 2.75) is 26.5 Å². The SMILES string of the molecule is CC(C)C(Oc1ccccc1C#N)C(=O)NCc1cc(Br)cs1. The second kappa shape index (κ2) is 8.14. The summed E-state index contributed by atoms with van der Waals surface area (Å²) in [5.41, 5.74) is 0.424. The van der Waals surface area contributed by atoms with Crippen LogP contribution >= 0.6 is 27.3 Å². The van der Waals surface area contributed by atoms with E-state index in [4.69, 9.17) is 10.00 Å². The van der Waals surface area contributed by atoms with E-state index in [1.54, 1.807) is 35.6 Å². The molecule has 0 saturated heterocycles. The molecule has 1 unspecified atom stereocenters. The summed E-state index contributed by atoms with van der Waals surface area (Å²) >= 11 is 4.97. The largest absolute Gasteiger partial charge is 0.479 e. The Bertz CT molecular complexity index is 721. The van der Waals surface area contributed by atoms with E-state index in [0.29, 0.717) is 17.9 Å². The number of halogens is 1. The molecule has 120 valence electrons. The summed E-state index contributed by atoms with van der Waals surface area (Å²) in [6.07, 6.45) is -0.645. The molecular weight excluding hydrogens is 376 g/mol. The number of hydrogen-bond acceptors (Lipinski definition) is 4. The van der Waals surface area contributed by atoms with Crippen molar-refractivity contribution in [1.82, 2.24) is 5.32 Å². The van der Waals surface area contributed by atoms with Crippen molar-refractivity contribution >= 4 is 33.2 Å². The van der Waals surface area contributed by atoms with Gasteiger partial charge in [-0.1, -0.05) is 26.0 Å². The summed E-state index contributed by atoms with van der Waals surface area (Å²) in [6.45, 7) is 4.30. The fourth-order valence-corrected chi connectivity index (χ4v) is 3.40. The Balaban J connectivity index is 2.05. The van der Waals surface area contributed by atoms with Crippen LogP contribution in [-0.2, 0) is 11.3 Å². The van der Waals surface area contributed by atoms with Gasteiger partial charge in [-0.3, -0.25) is 4.79 Å². The molecule has 1 heterocycles. The van der Waals surface area contributed by atoms with Crippen LogP contribution in [0.4, 0.5) is 0 Å². The maximum atomic E-state index is 12.4. The number of benzene rings is 1. The van der Waals surface area contributed by atoms with Crippen molar-refractivity contribution in [2.24, 2.45) is 5.92 Å². The van der Waals surface area contributed by atoms with Gasteiger partial charge in [0.2, 0.25) is 0 Å². The number of ether oxygens (including phenoxy) is 1. The molecule has 0 saturated carbocycles. The fourth-order valence-electron chi connectivity index (χ4n) is 2.01. The number of carbonyl (C=O) groups is 1. The summed E-state index contributed by atoms with van der Waals surface area (Å²) in [7, 11) is 0. The number of nitrogens with one attached hydrogen (secondary N) is 1. The highest BCUT2D eigenvalue weighted by atomic mass is 79.9. The summed E-state index contributed by atoms with van der Waals surface area (Å²) < 4.78 is 6.82. The molecule has 0 bridgehead atoms. The average molecular weight is 393 g/mol. The molecule has 6 heteroatoms. The highest BCUT2D eigenvalue weighted by molar-refractivity contribution is 9.10. The lowest BCUT2D eigenvalue weighted by molar-refractivity contribution is -0.130. The number of para-hydroxylation sites is 1. The molecule has 1 amide bonds. The first-order valence-electron chi connectivity index (χ1n) is 7.17. The van der Waals surface area contributed by atoms with Gasteiger partial charge in [-0.25, -0.2) is 0 Å². The molecule has 0 aliphatic carbocycles. The van der Waals surface area contributed by atoms with Gasteiger partial charge in [0, 0.05) is 14.7 Å². The molecule has 0 aliphatic heterocycles. The number of nitrogens with zero attached hydrogens (tertiary/aromatic N) is 1. The number of nitriles is 1. The molecule has 1 N–H and O–H groups in total. The summed E-state index contributed by atoms with van der Waals surface area (Å²) in [5, 5.41) is 14.0. The lowest BCUT2D eigenvalue weighted by atomic mass is 10.1. The molecule has 0 radical (unpaired) electrons. The van der Waals surface area contributed by atoms with Gasteiger partial charge in [0.1, 0.15) is 11.8 Å². The van der Waals surface area contributed by atoms with Crippen LogP contribution in [0.1, 0.15) is 24.3 Å². The van der Waals surface area contributed by atoms with Crippen molar-refractivity contribution in [1.29, 1.82) is 5.26 Å². The van der Waals surface area contributed by atoms with Crippen molar-refractivity contribution in [3.8, 4) is 11.8 Å². The fraction of sp³-hybridized carbons (Fsp3) is 0.294. The van der Waals surface area contributed by atoms with Gasteiger partial charge >= 0.3 is 0 Å². The molecule has 0 spiro atoms. The third-order valence-corrected chi connectivity index (χ3v) is 4.88. The van der Waals surface area contributed by atoms with Crippen LogP contribution in [-0.4, -0.2) is 12.0 Å². The Morgan fingerprint density at radius 2 is 2.17 bits per heavy atom. The first-order valence-corrected chi connectivity index (χ1v) is 8.85. The molecule has 0 aliphatic rings. The molecule has 1 aromatic carbocycles. The lowest BCUT2D eigenvalue weighted by Gasteiger charge is -2.22. The maximum absolute atomic E-state index is 12.4. The zero-order chi connectivity index (χ0) is 16.8. The number of rotatable bonds is 6. The van der Waals surface area contributed by atoms with E-state index in [0.717, 1.165) is 9.35 Å². The van der Waals surface area contributed by atoms with E-state index in [9.17, 15) is 4.79 Å². The van der Waals surface area contributed by atoms with Crippen molar-refractivity contribution < 1.29 is 9.53 Å². The van der Waals surface area contributed by atoms with E-state index in [2.05, 4.69) is 27.3 Å². The van der Waals surface area contributed by atoms with Crippen LogP contribution < -0.4 is 10.1 Å². The molecule has 0 fully saturated rings. The smallest absolute Gasteiger partial charge is 0.261 e. The highest BCUT2D eigenvalue weighted by Gasteiger charge is 2.25. The van der Waals surface area contributed by atoms with Crippen LogP contribution in [0.15, 0.2) is 40.2 Å². The van der Waals surface area contributed by atoms with Crippen molar-refractivity contribution in [3.05, 3.63) is 50.6 Å². The molecule has 2 aromatic rings. The molecule has 1 aromatic heterocycles. The standard InChI is InChI=1S/C17H17BrN2O2S/c1-11(2)16(22-15-6-4-3-5-12(15)8-19)17(21)20-9-14-7-13(18)10-23-14/h3-7,10-11,16H,9H2,1-2H3,(H,20,21). The first-order chi connectivity index (χ1) is 11.0. The second-order valence-electron chi connectivity index (χ2n) is 5.34. The van der Waals surface area contributed by atoms with Gasteiger partial charge in [0.05, 0.1) is 12.1 Å². The number of hydrogen-bond donors (Lipinski definition) is 1. The van der Waals surface area contributed by atoms with Crippen LogP contribution in [0, 0.1) is 17.2 Å². The number of carbonyl (C=O) groups excluding carboxylic acids is 1. The van der Waals surface area contributed by atoms with Gasteiger partial charge in [-0.2, -0.15) is 5.26 Å². The van der Waals surface area contributed by atoms with Gasteiger partial charge < -0.3 is 10.1 Å². The molecule has 2 rings (SSSR count). The maximum Gasteiger partial charge on any atom is 0.261 e. The number of amides is 1. The van der Waals surface area contributed by atoms with Gasteiger partial charge in [0.25, 0.3) is 5.91 Å². The monoisotopic (exact) mass is 392 g/mol. The van der Waals surface area contributed by atoms with E-state index in [1.165, 1.54) is 0 Å². The zero-order valence-electron chi connectivity index (χ0n) is 12.9. The normalized spacial score (nSPS) is 11.8. The molecule has 4 nitrogen and oxygen atoms in total. The molecular formula is C17H17BrN2O2S. The minimum absolute atomic E-state index is 0.0168. The molecule has 1 atom stereocenters. The van der Waals surface area contributed by atoms with Gasteiger partial charge in [0.15, 0.2) is 6.10 Å². The van der Waals surface area contributed by atoms with E-state index in [1.807, 2.05) is 25.3 Å². The average Bonchev–Trinajstić information content (AvgIpc) is 2.95. The van der Waals surface area contributed by atoms with Crippen LogP contribution in [0.5, 0.6) is 5.75 Å². The minimum Gasteiger partial charge on any atom is -0.479 e. The molecule has 23 heavy (non-hydrogen) atoms. The van der Waals surface area contributed by atoms with Crippen LogP contribution in [0.3, 0.4) is 0 Å². The Labute approximate surface area is 148 Å². The predicted molar refractivity (Wildman–Crippen MR) is 94.3 cm³/mol.